The number of nitrogens with two attached hydrogens (primary N) is 1. The number of hydrogen-bond donors (Lipinski definition) is 1. The van der Waals surface area contributed by atoms with E-state index in [9.17, 15) is 4.79 Å². The van der Waals surface area contributed by atoms with Crippen molar-refractivity contribution in [2.75, 3.05) is 17.7 Å². The van der Waals surface area contributed by atoms with Crippen LogP contribution in [0.5, 0.6) is 0 Å². The zero-order chi connectivity index (χ0) is 13.5. The standard InChI is InChI=1S/C15H24N2O/c1-4-6-8-12(5-2)15(18)17(3)14-10-7-9-13(16)11-14/h7,9-12H,4-6,8,16H2,1-3H3. The molecule has 0 heterocycles. The molecular formula is C15H24N2O. The summed E-state index contributed by atoms with van der Waals surface area (Å²) in [4.78, 5) is 14.1. The van der Waals surface area contributed by atoms with Crippen molar-refractivity contribution >= 4 is 17.3 Å². The molecule has 1 aromatic carbocycles. The second-order valence-electron chi connectivity index (χ2n) is 4.74. The predicted octanol–water partition coefficient (Wildman–Crippen LogP) is 3.45. The van der Waals surface area contributed by atoms with Gasteiger partial charge in [-0.25, -0.2) is 0 Å². The molecule has 1 rings (SSSR count). The number of rotatable bonds is 6. The van der Waals surface area contributed by atoms with Crippen LogP contribution in [0.3, 0.4) is 0 Å². The van der Waals surface area contributed by atoms with Gasteiger partial charge in [0.25, 0.3) is 0 Å². The van der Waals surface area contributed by atoms with Gasteiger partial charge in [-0.1, -0.05) is 32.8 Å². The normalized spacial score (nSPS) is 12.2. The molecule has 0 aliphatic rings. The third-order valence-electron chi connectivity index (χ3n) is 3.34. The Kier molecular flexibility index (Phi) is 5.69. The first kappa shape index (κ1) is 14.6. The van der Waals surface area contributed by atoms with Crippen molar-refractivity contribution in [1.82, 2.24) is 0 Å². The van der Waals surface area contributed by atoms with Gasteiger partial charge in [0, 0.05) is 24.3 Å². The highest BCUT2D eigenvalue weighted by atomic mass is 16.2. The second kappa shape index (κ2) is 7.04. The van der Waals surface area contributed by atoms with Crippen LogP contribution in [-0.2, 0) is 4.79 Å². The molecule has 100 valence electrons. The van der Waals surface area contributed by atoms with Crippen molar-refractivity contribution in [1.29, 1.82) is 0 Å². The molecule has 3 heteroatoms. The van der Waals surface area contributed by atoms with Gasteiger partial charge in [0.1, 0.15) is 0 Å². The van der Waals surface area contributed by atoms with Crippen LogP contribution in [0.15, 0.2) is 24.3 Å². The van der Waals surface area contributed by atoms with Crippen molar-refractivity contribution < 1.29 is 4.79 Å². The van der Waals surface area contributed by atoms with Crippen molar-refractivity contribution in [2.24, 2.45) is 5.92 Å². The van der Waals surface area contributed by atoms with E-state index in [0.717, 1.165) is 31.4 Å². The van der Waals surface area contributed by atoms with Crippen molar-refractivity contribution in [2.45, 2.75) is 39.5 Å². The third kappa shape index (κ3) is 3.76. The van der Waals surface area contributed by atoms with Crippen LogP contribution in [0.2, 0.25) is 0 Å². The van der Waals surface area contributed by atoms with Gasteiger partial charge in [-0.15, -0.1) is 0 Å². The Morgan fingerprint density at radius 2 is 2.11 bits per heavy atom. The SMILES string of the molecule is CCCCC(CC)C(=O)N(C)c1cccc(N)c1. The van der Waals surface area contributed by atoms with Crippen molar-refractivity contribution in [3.8, 4) is 0 Å². The van der Waals surface area contributed by atoms with E-state index in [-0.39, 0.29) is 11.8 Å². The summed E-state index contributed by atoms with van der Waals surface area (Å²) >= 11 is 0. The van der Waals surface area contributed by atoms with E-state index in [1.54, 1.807) is 4.90 Å². The molecular weight excluding hydrogens is 224 g/mol. The number of benzene rings is 1. The lowest BCUT2D eigenvalue weighted by Crippen LogP contribution is -2.32. The Hall–Kier alpha value is -1.51. The van der Waals surface area contributed by atoms with E-state index < -0.39 is 0 Å². The Bertz CT molecular complexity index is 390. The number of amides is 1. The molecule has 3 nitrogen and oxygen atoms in total. The number of nitrogen functional groups attached to an aromatic ring is 1. The van der Waals surface area contributed by atoms with E-state index in [2.05, 4.69) is 13.8 Å². The van der Waals surface area contributed by atoms with E-state index in [1.807, 2.05) is 31.3 Å². The van der Waals surface area contributed by atoms with Crippen LogP contribution in [0.4, 0.5) is 11.4 Å². The van der Waals surface area contributed by atoms with Gasteiger partial charge in [-0.2, -0.15) is 0 Å². The minimum Gasteiger partial charge on any atom is -0.399 e. The summed E-state index contributed by atoms with van der Waals surface area (Å²) in [5, 5.41) is 0. The summed E-state index contributed by atoms with van der Waals surface area (Å²) < 4.78 is 0. The molecule has 0 saturated carbocycles. The molecule has 0 saturated heterocycles. The van der Waals surface area contributed by atoms with Crippen LogP contribution < -0.4 is 10.6 Å². The summed E-state index contributed by atoms with van der Waals surface area (Å²) in [6.07, 6.45) is 4.10. The van der Waals surface area contributed by atoms with E-state index in [1.165, 1.54) is 0 Å². The minimum atomic E-state index is 0.122. The van der Waals surface area contributed by atoms with Gasteiger partial charge < -0.3 is 10.6 Å². The quantitative estimate of drug-likeness (QED) is 0.784. The Balaban J connectivity index is 2.75. The van der Waals surface area contributed by atoms with E-state index >= 15 is 0 Å². The zero-order valence-electron chi connectivity index (χ0n) is 11.6. The number of carbonyl (C=O) groups excluding carboxylic acids is 1. The highest BCUT2D eigenvalue weighted by Crippen LogP contribution is 2.21. The van der Waals surface area contributed by atoms with Gasteiger partial charge in [0.05, 0.1) is 0 Å². The number of carbonyl (C=O) groups is 1. The van der Waals surface area contributed by atoms with Crippen LogP contribution in [0.1, 0.15) is 39.5 Å². The molecule has 1 atom stereocenters. The Morgan fingerprint density at radius 1 is 1.39 bits per heavy atom. The third-order valence-corrected chi connectivity index (χ3v) is 3.34. The number of nitrogens with zero attached hydrogens (tertiary/aromatic N) is 1. The first-order chi connectivity index (χ1) is 8.60. The monoisotopic (exact) mass is 248 g/mol. The van der Waals surface area contributed by atoms with Gasteiger partial charge in [-0.05, 0) is 31.0 Å². The van der Waals surface area contributed by atoms with Crippen LogP contribution in [-0.4, -0.2) is 13.0 Å². The van der Waals surface area contributed by atoms with E-state index in [4.69, 9.17) is 5.73 Å². The maximum atomic E-state index is 12.4. The van der Waals surface area contributed by atoms with Gasteiger partial charge >= 0.3 is 0 Å². The van der Waals surface area contributed by atoms with Gasteiger partial charge in [-0.3, -0.25) is 4.79 Å². The topological polar surface area (TPSA) is 46.3 Å². The molecule has 1 aromatic rings. The summed E-state index contributed by atoms with van der Waals surface area (Å²) in [5.41, 5.74) is 7.31. The van der Waals surface area contributed by atoms with Gasteiger partial charge in [0.2, 0.25) is 5.91 Å². The minimum absolute atomic E-state index is 0.122. The largest absolute Gasteiger partial charge is 0.399 e. The molecule has 0 aliphatic heterocycles. The maximum absolute atomic E-state index is 12.4. The van der Waals surface area contributed by atoms with Gasteiger partial charge in [0.15, 0.2) is 0 Å². The summed E-state index contributed by atoms with van der Waals surface area (Å²) in [5.74, 6) is 0.313. The van der Waals surface area contributed by atoms with Crippen molar-refractivity contribution in [3.05, 3.63) is 24.3 Å². The van der Waals surface area contributed by atoms with Crippen LogP contribution in [0, 0.1) is 5.92 Å². The average molecular weight is 248 g/mol. The molecule has 0 fully saturated rings. The maximum Gasteiger partial charge on any atom is 0.229 e. The molecule has 0 aromatic heterocycles. The lowest BCUT2D eigenvalue weighted by Gasteiger charge is -2.23. The number of anilines is 2. The molecule has 2 N–H and O–H groups in total. The number of unbranched alkanes of at least 4 members (excludes halogenated alkanes) is 1. The lowest BCUT2D eigenvalue weighted by molar-refractivity contribution is -0.122. The molecule has 0 spiro atoms. The molecule has 0 radical (unpaired) electrons. The van der Waals surface area contributed by atoms with E-state index in [0.29, 0.717) is 5.69 Å². The van der Waals surface area contributed by atoms with Crippen molar-refractivity contribution in [3.63, 3.8) is 0 Å². The first-order valence-corrected chi connectivity index (χ1v) is 6.73. The zero-order valence-corrected chi connectivity index (χ0v) is 11.6. The summed E-state index contributed by atoms with van der Waals surface area (Å²) in [7, 11) is 1.83. The molecule has 0 aliphatic carbocycles. The molecule has 0 bridgehead atoms. The molecule has 18 heavy (non-hydrogen) atoms. The fourth-order valence-electron chi connectivity index (χ4n) is 2.09. The summed E-state index contributed by atoms with van der Waals surface area (Å²) in [6.45, 7) is 4.23. The molecule has 1 amide bonds. The number of hydrogen-bond acceptors (Lipinski definition) is 2. The van der Waals surface area contributed by atoms with Crippen LogP contribution in [0.25, 0.3) is 0 Å². The lowest BCUT2D eigenvalue weighted by atomic mass is 9.97. The average Bonchev–Trinajstić information content (AvgIpc) is 2.38. The Labute approximate surface area is 110 Å². The Morgan fingerprint density at radius 3 is 2.67 bits per heavy atom. The smallest absolute Gasteiger partial charge is 0.229 e. The van der Waals surface area contributed by atoms with Crippen LogP contribution >= 0.6 is 0 Å². The highest BCUT2D eigenvalue weighted by Gasteiger charge is 2.20. The summed E-state index contributed by atoms with van der Waals surface area (Å²) in [6, 6.07) is 7.46. The molecule has 1 unspecified atom stereocenters. The predicted molar refractivity (Wildman–Crippen MR) is 77.6 cm³/mol. The fraction of sp³-hybridized carbons (Fsp3) is 0.533. The highest BCUT2D eigenvalue weighted by molar-refractivity contribution is 5.94. The fourth-order valence-corrected chi connectivity index (χ4v) is 2.09. The first-order valence-electron chi connectivity index (χ1n) is 6.73. The second-order valence-corrected chi connectivity index (χ2v) is 4.74.